The van der Waals surface area contributed by atoms with E-state index in [-0.39, 0.29) is 11.6 Å². The summed E-state index contributed by atoms with van der Waals surface area (Å²) in [5, 5.41) is 3.14. The molecule has 3 aromatic rings. The summed E-state index contributed by atoms with van der Waals surface area (Å²) in [7, 11) is 0. The maximum atomic E-state index is 12.3. The molecule has 0 aliphatic heterocycles. The van der Waals surface area contributed by atoms with Gasteiger partial charge in [0.1, 0.15) is 5.75 Å². The third-order valence-corrected chi connectivity index (χ3v) is 3.56. The molecule has 0 bridgehead atoms. The molecule has 0 aliphatic carbocycles. The minimum absolute atomic E-state index is 0.290. The van der Waals surface area contributed by atoms with Crippen molar-refractivity contribution in [3.63, 3.8) is 0 Å². The Morgan fingerprint density at radius 1 is 1.17 bits per heavy atom. The summed E-state index contributed by atoms with van der Waals surface area (Å²) >= 11 is 6.09. The highest BCUT2D eigenvalue weighted by Gasteiger charge is 2.10. The van der Waals surface area contributed by atoms with Gasteiger partial charge in [-0.2, -0.15) is 0 Å². The number of H-pyrrole nitrogens is 2. The van der Waals surface area contributed by atoms with Crippen molar-refractivity contribution in [2.45, 2.75) is 6.92 Å². The van der Waals surface area contributed by atoms with Crippen molar-refractivity contribution in [1.29, 1.82) is 0 Å². The molecule has 1 aromatic heterocycles. The van der Waals surface area contributed by atoms with Crippen LogP contribution in [0.3, 0.4) is 0 Å². The summed E-state index contributed by atoms with van der Waals surface area (Å²) in [6.45, 7) is 2.36. The van der Waals surface area contributed by atoms with E-state index >= 15 is 0 Å². The van der Waals surface area contributed by atoms with Crippen molar-refractivity contribution in [2.75, 3.05) is 11.9 Å². The first kappa shape index (κ1) is 15.2. The average molecular weight is 332 g/mol. The first-order valence-corrected chi connectivity index (χ1v) is 7.40. The molecule has 3 N–H and O–H groups in total. The number of hydrogen-bond donors (Lipinski definition) is 3. The molecule has 0 aliphatic rings. The molecule has 0 spiro atoms. The van der Waals surface area contributed by atoms with Crippen LogP contribution in [0.15, 0.2) is 41.2 Å². The van der Waals surface area contributed by atoms with Gasteiger partial charge in [0.25, 0.3) is 5.91 Å². The van der Waals surface area contributed by atoms with Crippen LogP contribution in [0.5, 0.6) is 5.75 Å². The van der Waals surface area contributed by atoms with Gasteiger partial charge in [0, 0.05) is 11.3 Å². The number of imidazole rings is 1. The van der Waals surface area contributed by atoms with Gasteiger partial charge in [-0.15, -0.1) is 0 Å². The van der Waals surface area contributed by atoms with Gasteiger partial charge in [-0.3, -0.25) is 4.79 Å². The maximum Gasteiger partial charge on any atom is 0.323 e. The van der Waals surface area contributed by atoms with E-state index in [1.165, 1.54) is 0 Å². The zero-order chi connectivity index (χ0) is 16.4. The molecule has 0 unspecified atom stereocenters. The lowest BCUT2D eigenvalue weighted by Crippen LogP contribution is -2.11. The quantitative estimate of drug-likeness (QED) is 0.686. The molecule has 0 atom stereocenters. The summed E-state index contributed by atoms with van der Waals surface area (Å²) in [5.41, 5.74) is 2.00. The standard InChI is InChI=1S/C16H14ClN3O3/c1-2-23-14-6-3-9(7-11(14)17)15(21)18-10-4-5-12-13(8-10)20-16(22)19-12/h3-8H,2H2,1H3,(H,18,21)(H2,19,20,22). The van der Waals surface area contributed by atoms with Gasteiger partial charge in [0.2, 0.25) is 0 Å². The van der Waals surface area contributed by atoms with Gasteiger partial charge in [0.05, 0.1) is 22.7 Å². The van der Waals surface area contributed by atoms with Crippen molar-refractivity contribution in [3.05, 3.63) is 57.5 Å². The Hall–Kier alpha value is -2.73. The largest absolute Gasteiger partial charge is 0.492 e. The van der Waals surface area contributed by atoms with Crippen LogP contribution in [0.2, 0.25) is 5.02 Å². The van der Waals surface area contributed by atoms with Gasteiger partial charge in [-0.25, -0.2) is 4.79 Å². The predicted octanol–water partition coefficient (Wildman–Crippen LogP) is 3.16. The lowest BCUT2D eigenvalue weighted by atomic mass is 10.2. The lowest BCUT2D eigenvalue weighted by molar-refractivity contribution is 0.102. The zero-order valence-electron chi connectivity index (χ0n) is 12.3. The molecule has 2 aromatic carbocycles. The van der Waals surface area contributed by atoms with E-state index in [1.807, 2.05) is 6.92 Å². The number of rotatable bonds is 4. The molecule has 23 heavy (non-hydrogen) atoms. The van der Waals surface area contributed by atoms with E-state index < -0.39 is 0 Å². The number of carbonyl (C=O) groups excluding carboxylic acids is 1. The summed E-state index contributed by atoms with van der Waals surface area (Å²) in [5.74, 6) is 0.240. The zero-order valence-corrected chi connectivity index (χ0v) is 13.0. The van der Waals surface area contributed by atoms with Crippen LogP contribution in [-0.4, -0.2) is 22.5 Å². The van der Waals surface area contributed by atoms with Crippen molar-refractivity contribution in [1.82, 2.24) is 9.97 Å². The molecule has 0 saturated heterocycles. The van der Waals surface area contributed by atoms with Crippen LogP contribution in [0, 0.1) is 0 Å². The number of benzene rings is 2. The van der Waals surface area contributed by atoms with E-state index in [9.17, 15) is 9.59 Å². The number of halogens is 1. The number of aromatic amines is 2. The second kappa shape index (κ2) is 6.18. The van der Waals surface area contributed by atoms with Crippen molar-refractivity contribution in [3.8, 4) is 5.75 Å². The Bertz CT molecular complexity index is 930. The second-order valence-corrected chi connectivity index (χ2v) is 5.28. The van der Waals surface area contributed by atoms with Crippen LogP contribution in [-0.2, 0) is 0 Å². The number of nitrogens with one attached hydrogen (secondary N) is 3. The van der Waals surface area contributed by atoms with E-state index in [4.69, 9.17) is 16.3 Å². The van der Waals surface area contributed by atoms with Gasteiger partial charge in [-0.1, -0.05) is 11.6 Å². The van der Waals surface area contributed by atoms with E-state index in [2.05, 4.69) is 15.3 Å². The fourth-order valence-electron chi connectivity index (χ4n) is 2.23. The Kier molecular flexibility index (Phi) is 4.08. The van der Waals surface area contributed by atoms with Gasteiger partial charge in [-0.05, 0) is 43.3 Å². The summed E-state index contributed by atoms with van der Waals surface area (Å²) < 4.78 is 5.34. The van der Waals surface area contributed by atoms with E-state index in [0.29, 0.717) is 39.7 Å². The van der Waals surface area contributed by atoms with Crippen molar-refractivity contribution >= 4 is 34.2 Å². The normalized spacial score (nSPS) is 10.7. The van der Waals surface area contributed by atoms with Crippen LogP contribution in [0.4, 0.5) is 5.69 Å². The Morgan fingerprint density at radius 3 is 2.70 bits per heavy atom. The number of ether oxygens (including phenoxy) is 1. The molecule has 0 radical (unpaired) electrons. The number of amides is 1. The molecule has 0 fully saturated rings. The van der Waals surface area contributed by atoms with E-state index in [1.54, 1.807) is 36.4 Å². The lowest BCUT2D eigenvalue weighted by Gasteiger charge is -2.08. The Labute approximate surface area is 136 Å². The Morgan fingerprint density at radius 2 is 1.96 bits per heavy atom. The molecule has 7 heteroatoms. The van der Waals surface area contributed by atoms with Crippen LogP contribution < -0.4 is 15.7 Å². The number of aromatic nitrogens is 2. The Balaban J connectivity index is 1.82. The molecule has 1 amide bonds. The monoisotopic (exact) mass is 331 g/mol. The number of hydrogen-bond acceptors (Lipinski definition) is 3. The number of anilines is 1. The predicted molar refractivity (Wildman–Crippen MR) is 89.5 cm³/mol. The van der Waals surface area contributed by atoms with Crippen LogP contribution in [0.25, 0.3) is 11.0 Å². The minimum atomic E-state index is -0.299. The summed E-state index contributed by atoms with van der Waals surface area (Å²) in [6, 6.07) is 9.96. The SMILES string of the molecule is CCOc1ccc(C(=O)Nc2ccc3[nH]c(=O)[nH]c3c2)cc1Cl. The molecule has 3 rings (SSSR count). The summed E-state index contributed by atoms with van der Waals surface area (Å²) in [6.07, 6.45) is 0. The van der Waals surface area contributed by atoms with Crippen molar-refractivity contribution < 1.29 is 9.53 Å². The molecule has 0 saturated carbocycles. The fraction of sp³-hybridized carbons (Fsp3) is 0.125. The van der Waals surface area contributed by atoms with Crippen molar-refractivity contribution in [2.24, 2.45) is 0 Å². The second-order valence-electron chi connectivity index (χ2n) is 4.87. The van der Waals surface area contributed by atoms with Crippen LogP contribution in [0.1, 0.15) is 17.3 Å². The van der Waals surface area contributed by atoms with Gasteiger partial charge < -0.3 is 20.0 Å². The smallest absolute Gasteiger partial charge is 0.323 e. The highest BCUT2D eigenvalue weighted by molar-refractivity contribution is 6.32. The molecule has 6 nitrogen and oxygen atoms in total. The number of fused-ring (bicyclic) bond motifs is 1. The third kappa shape index (κ3) is 3.22. The summed E-state index contributed by atoms with van der Waals surface area (Å²) in [4.78, 5) is 28.8. The molecule has 118 valence electrons. The first-order valence-electron chi connectivity index (χ1n) is 7.02. The fourth-order valence-corrected chi connectivity index (χ4v) is 2.46. The van der Waals surface area contributed by atoms with Crippen LogP contribution >= 0.6 is 11.6 Å². The highest BCUT2D eigenvalue weighted by Crippen LogP contribution is 2.26. The molecule has 1 heterocycles. The topological polar surface area (TPSA) is 87.0 Å². The average Bonchev–Trinajstić information content (AvgIpc) is 2.88. The van der Waals surface area contributed by atoms with Gasteiger partial charge in [0.15, 0.2) is 0 Å². The maximum absolute atomic E-state index is 12.3. The number of carbonyl (C=O) groups is 1. The molecular formula is C16H14ClN3O3. The third-order valence-electron chi connectivity index (χ3n) is 3.27. The van der Waals surface area contributed by atoms with E-state index in [0.717, 1.165) is 0 Å². The molecular weight excluding hydrogens is 318 g/mol. The highest BCUT2D eigenvalue weighted by atomic mass is 35.5. The van der Waals surface area contributed by atoms with Gasteiger partial charge >= 0.3 is 5.69 Å². The first-order chi connectivity index (χ1) is 11.1. The minimum Gasteiger partial charge on any atom is -0.492 e.